The van der Waals surface area contributed by atoms with Crippen molar-refractivity contribution in [3.63, 3.8) is 0 Å². The fourth-order valence-corrected chi connectivity index (χ4v) is 3.44. The highest BCUT2D eigenvalue weighted by atomic mass is 79.9. The minimum absolute atomic E-state index is 0.301. The topological polar surface area (TPSA) is 24.5 Å². The summed E-state index contributed by atoms with van der Waals surface area (Å²) in [5.41, 5.74) is 1.84. The molecule has 0 heterocycles. The fourth-order valence-electron chi connectivity index (χ4n) is 2.81. The molecule has 0 atom stereocenters. The lowest BCUT2D eigenvalue weighted by molar-refractivity contribution is 0.295. The van der Waals surface area contributed by atoms with E-state index in [9.17, 15) is 4.39 Å². The Morgan fingerprint density at radius 2 is 1.89 bits per heavy atom. The average Bonchev–Trinajstić information content (AvgIpc) is 2.65. The molecule has 2 rings (SSSR count). The molecule has 0 bridgehead atoms. The van der Waals surface area contributed by atoms with Crippen LogP contribution in [0, 0.1) is 5.82 Å². The number of nitrogens with zero attached hydrogens (tertiary/aromatic N) is 1. The number of benzene rings is 2. The summed E-state index contributed by atoms with van der Waals surface area (Å²) in [5.74, 6) is 0.455. The standard InChI is InChI=1S/C21H27BrClFN2O/c1-3-26(4-2)11-5-10-25-14-17-12-18(22)7-9-21(17)27-15-16-6-8-19(24)13-20(16)23/h6-9,12-13,25H,3-5,10-11,14-15H2,1-2H3. The number of ether oxygens (including phenoxy) is 1. The maximum Gasteiger partial charge on any atom is 0.124 e. The summed E-state index contributed by atoms with van der Waals surface area (Å²) in [6.07, 6.45) is 1.11. The highest BCUT2D eigenvalue weighted by Gasteiger charge is 2.08. The maximum absolute atomic E-state index is 13.2. The van der Waals surface area contributed by atoms with Gasteiger partial charge in [0.2, 0.25) is 0 Å². The highest BCUT2D eigenvalue weighted by Crippen LogP contribution is 2.25. The van der Waals surface area contributed by atoms with Gasteiger partial charge in [-0.25, -0.2) is 4.39 Å². The number of rotatable bonds is 11. The zero-order valence-electron chi connectivity index (χ0n) is 15.9. The molecule has 27 heavy (non-hydrogen) atoms. The largest absolute Gasteiger partial charge is 0.489 e. The molecule has 0 unspecified atom stereocenters. The van der Waals surface area contributed by atoms with Gasteiger partial charge in [-0.3, -0.25) is 0 Å². The SMILES string of the molecule is CCN(CC)CCCNCc1cc(Br)ccc1OCc1ccc(F)cc1Cl. The predicted octanol–water partition coefficient (Wildman–Crippen LogP) is 5.64. The first-order valence-electron chi connectivity index (χ1n) is 9.31. The van der Waals surface area contributed by atoms with Gasteiger partial charge in [0, 0.05) is 22.1 Å². The molecule has 3 nitrogen and oxygen atoms in total. The van der Waals surface area contributed by atoms with Crippen LogP contribution in [-0.2, 0) is 13.2 Å². The van der Waals surface area contributed by atoms with Crippen LogP contribution < -0.4 is 10.1 Å². The summed E-state index contributed by atoms with van der Waals surface area (Å²) >= 11 is 9.60. The molecule has 0 amide bonds. The van der Waals surface area contributed by atoms with Gasteiger partial charge < -0.3 is 15.0 Å². The smallest absolute Gasteiger partial charge is 0.124 e. The van der Waals surface area contributed by atoms with Gasteiger partial charge in [-0.15, -0.1) is 0 Å². The molecule has 0 saturated heterocycles. The van der Waals surface area contributed by atoms with Gasteiger partial charge in [0.15, 0.2) is 0 Å². The first-order chi connectivity index (χ1) is 13.0. The Balaban J connectivity index is 1.90. The van der Waals surface area contributed by atoms with Crippen LogP contribution in [0.4, 0.5) is 4.39 Å². The quantitative estimate of drug-likeness (QED) is 0.442. The van der Waals surface area contributed by atoms with Crippen molar-refractivity contribution in [3.05, 3.63) is 62.8 Å². The van der Waals surface area contributed by atoms with Gasteiger partial charge >= 0.3 is 0 Å². The second kappa shape index (κ2) is 11.6. The van der Waals surface area contributed by atoms with Crippen LogP contribution in [0.2, 0.25) is 5.02 Å². The van der Waals surface area contributed by atoms with Crippen molar-refractivity contribution in [2.45, 2.75) is 33.4 Å². The number of nitrogens with one attached hydrogen (secondary N) is 1. The van der Waals surface area contributed by atoms with Crippen molar-refractivity contribution in [2.75, 3.05) is 26.2 Å². The van der Waals surface area contributed by atoms with Crippen LogP contribution in [-0.4, -0.2) is 31.1 Å². The minimum atomic E-state index is -0.345. The molecule has 0 aliphatic rings. The van der Waals surface area contributed by atoms with E-state index in [0.717, 1.165) is 60.5 Å². The second-order valence-corrected chi connectivity index (χ2v) is 7.66. The van der Waals surface area contributed by atoms with Crippen molar-refractivity contribution >= 4 is 27.5 Å². The fraction of sp³-hybridized carbons (Fsp3) is 0.429. The van der Waals surface area contributed by atoms with Crippen LogP contribution in [0.15, 0.2) is 40.9 Å². The molecule has 0 aliphatic heterocycles. The number of halogens is 3. The lowest BCUT2D eigenvalue weighted by Gasteiger charge is -2.18. The third-order valence-corrected chi connectivity index (χ3v) is 5.30. The number of hydrogen-bond acceptors (Lipinski definition) is 3. The Morgan fingerprint density at radius 1 is 1.11 bits per heavy atom. The minimum Gasteiger partial charge on any atom is -0.489 e. The molecule has 0 spiro atoms. The Labute approximate surface area is 175 Å². The van der Waals surface area contributed by atoms with Gasteiger partial charge in [0.25, 0.3) is 0 Å². The van der Waals surface area contributed by atoms with Crippen molar-refractivity contribution in [3.8, 4) is 5.75 Å². The van der Waals surface area contributed by atoms with Gasteiger partial charge in [0.1, 0.15) is 18.2 Å². The van der Waals surface area contributed by atoms with Crippen LogP contribution in [0.25, 0.3) is 0 Å². The zero-order valence-corrected chi connectivity index (χ0v) is 18.2. The van der Waals surface area contributed by atoms with E-state index in [1.54, 1.807) is 6.07 Å². The van der Waals surface area contributed by atoms with E-state index in [-0.39, 0.29) is 5.82 Å². The van der Waals surface area contributed by atoms with E-state index >= 15 is 0 Å². The molecular weight excluding hydrogens is 431 g/mol. The Bertz CT molecular complexity index is 725. The summed E-state index contributed by atoms with van der Waals surface area (Å²) in [4.78, 5) is 2.42. The molecule has 0 aromatic heterocycles. The molecular formula is C21H27BrClFN2O. The van der Waals surface area contributed by atoms with E-state index in [2.05, 4.69) is 46.1 Å². The molecule has 1 N–H and O–H groups in total. The summed E-state index contributed by atoms with van der Waals surface area (Å²) in [5, 5.41) is 3.86. The second-order valence-electron chi connectivity index (χ2n) is 6.33. The van der Waals surface area contributed by atoms with Gasteiger partial charge in [-0.05, 0) is 62.9 Å². The lowest BCUT2D eigenvalue weighted by Crippen LogP contribution is -2.27. The van der Waals surface area contributed by atoms with Gasteiger partial charge in [0.05, 0.1) is 5.02 Å². The van der Waals surface area contributed by atoms with Crippen LogP contribution in [0.3, 0.4) is 0 Å². The molecule has 2 aromatic carbocycles. The third kappa shape index (κ3) is 7.41. The van der Waals surface area contributed by atoms with Gasteiger partial charge in [-0.2, -0.15) is 0 Å². The highest BCUT2D eigenvalue weighted by molar-refractivity contribution is 9.10. The van der Waals surface area contributed by atoms with Gasteiger partial charge in [-0.1, -0.05) is 47.4 Å². The summed E-state index contributed by atoms with van der Waals surface area (Å²) in [7, 11) is 0. The molecule has 2 aromatic rings. The predicted molar refractivity (Wildman–Crippen MR) is 114 cm³/mol. The van der Waals surface area contributed by atoms with Crippen molar-refractivity contribution in [1.82, 2.24) is 10.2 Å². The first kappa shape index (κ1) is 22.2. The van der Waals surface area contributed by atoms with E-state index in [1.807, 2.05) is 12.1 Å². The van der Waals surface area contributed by atoms with E-state index < -0.39 is 0 Å². The Hall–Kier alpha value is -1.14. The average molecular weight is 458 g/mol. The lowest BCUT2D eigenvalue weighted by atomic mass is 10.2. The van der Waals surface area contributed by atoms with E-state index in [1.165, 1.54) is 12.1 Å². The third-order valence-electron chi connectivity index (χ3n) is 4.46. The van der Waals surface area contributed by atoms with Crippen molar-refractivity contribution < 1.29 is 9.13 Å². The van der Waals surface area contributed by atoms with Crippen LogP contribution in [0.1, 0.15) is 31.4 Å². The molecule has 6 heteroatoms. The monoisotopic (exact) mass is 456 g/mol. The van der Waals surface area contributed by atoms with E-state index in [4.69, 9.17) is 16.3 Å². The summed E-state index contributed by atoms with van der Waals surface area (Å²) in [6.45, 7) is 9.64. The Morgan fingerprint density at radius 3 is 2.59 bits per heavy atom. The van der Waals surface area contributed by atoms with E-state index in [0.29, 0.717) is 11.6 Å². The molecule has 0 fully saturated rings. The Kier molecular flexibility index (Phi) is 9.56. The molecule has 0 aliphatic carbocycles. The maximum atomic E-state index is 13.2. The molecule has 148 valence electrons. The first-order valence-corrected chi connectivity index (χ1v) is 10.5. The molecule has 0 saturated carbocycles. The summed E-state index contributed by atoms with van der Waals surface area (Å²) < 4.78 is 20.1. The van der Waals surface area contributed by atoms with Crippen LogP contribution in [0.5, 0.6) is 5.75 Å². The van der Waals surface area contributed by atoms with Crippen LogP contribution >= 0.6 is 27.5 Å². The zero-order chi connectivity index (χ0) is 19.6. The molecule has 0 radical (unpaired) electrons. The number of hydrogen-bond donors (Lipinski definition) is 1. The van der Waals surface area contributed by atoms with Crippen molar-refractivity contribution in [1.29, 1.82) is 0 Å². The normalized spacial score (nSPS) is 11.2. The summed E-state index contributed by atoms with van der Waals surface area (Å²) in [6, 6.07) is 10.3. The van der Waals surface area contributed by atoms with Crippen molar-refractivity contribution in [2.24, 2.45) is 0 Å².